The smallest absolute Gasteiger partial charge is 0.0831 e. The lowest BCUT2D eigenvalue weighted by Crippen LogP contribution is -2.25. The molecule has 0 aliphatic heterocycles. The van der Waals surface area contributed by atoms with Crippen molar-refractivity contribution in [3.05, 3.63) is 52.8 Å². The second-order valence-corrected chi connectivity index (χ2v) is 6.29. The first kappa shape index (κ1) is 12.4. The summed E-state index contributed by atoms with van der Waals surface area (Å²) >= 11 is 0. The Bertz CT molecular complexity index is 572. The number of aromatic nitrogens is 2. The van der Waals surface area contributed by atoms with Gasteiger partial charge < -0.3 is 5.11 Å². The predicted octanol–water partition coefficient (Wildman–Crippen LogP) is 3.01. The lowest BCUT2D eigenvalue weighted by atomic mass is 9.74. The molecule has 2 N–H and O–H groups in total. The normalized spacial score (nSPS) is 21.1. The van der Waals surface area contributed by atoms with Crippen LogP contribution in [-0.2, 0) is 12.8 Å². The van der Waals surface area contributed by atoms with Crippen LogP contribution in [0.15, 0.2) is 30.3 Å². The minimum absolute atomic E-state index is 0.142. The summed E-state index contributed by atoms with van der Waals surface area (Å²) in [6.45, 7) is 4.38. The fraction of sp³-hybridized carbons (Fsp3) is 0.438. The molecule has 1 aliphatic rings. The Morgan fingerprint density at radius 3 is 2.79 bits per heavy atom. The first-order valence-corrected chi connectivity index (χ1v) is 6.83. The van der Waals surface area contributed by atoms with Gasteiger partial charge in [-0.1, -0.05) is 44.2 Å². The third-order valence-corrected chi connectivity index (χ3v) is 3.91. The van der Waals surface area contributed by atoms with E-state index in [-0.39, 0.29) is 5.41 Å². The third kappa shape index (κ3) is 2.43. The molecule has 1 aliphatic carbocycles. The molecule has 0 radical (unpaired) electrons. The molecule has 100 valence electrons. The number of aromatic amines is 1. The molecule has 0 saturated carbocycles. The predicted molar refractivity (Wildman–Crippen MR) is 74.9 cm³/mol. The Hall–Kier alpha value is -1.61. The van der Waals surface area contributed by atoms with Crippen molar-refractivity contribution >= 4 is 0 Å². The number of benzene rings is 1. The average molecular weight is 256 g/mol. The summed E-state index contributed by atoms with van der Waals surface area (Å²) in [5.74, 6) is 0. The molecule has 1 atom stereocenters. The van der Waals surface area contributed by atoms with Crippen LogP contribution in [0, 0.1) is 5.41 Å². The van der Waals surface area contributed by atoms with E-state index in [0.717, 1.165) is 36.2 Å². The van der Waals surface area contributed by atoms with Crippen LogP contribution in [0.5, 0.6) is 0 Å². The van der Waals surface area contributed by atoms with Crippen molar-refractivity contribution in [1.82, 2.24) is 10.2 Å². The van der Waals surface area contributed by atoms with Crippen LogP contribution < -0.4 is 0 Å². The van der Waals surface area contributed by atoms with Gasteiger partial charge in [0.1, 0.15) is 0 Å². The lowest BCUT2D eigenvalue weighted by molar-refractivity contribution is 0.0986. The van der Waals surface area contributed by atoms with Crippen molar-refractivity contribution in [2.75, 3.05) is 0 Å². The number of nitrogens with zero attached hydrogens (tertiary/aromatic N) is 1. The van der Waals surface area contributed by atoms with E-state index in [1.807, 2.05) is 18.2 Å². The minimum Gasteiger partial charge on any atom is -0.388 e. The molecule has 1 heterocycles. The van der Waals surface area contributed by atoms with Gasteiger partial charge in [-0.25, -0.2) is 0 Å². The maximum absolute atomic E-state index is 10.4. The van der Waals surface area contributed by atoms with E-state index >= 15 is 0 Å². The van der Waals surface area contributed by atoms with Crippen LogP contribution in [-0.4, -0.2) is 15.3 Å². The number of rotatable bonds is 2. The molecule has 19 heavy (non-hydrogen) atoms. The Morgan fingerprint density at radius 1 is 1.32 bits per heavy atom. The molecule has 1 aromatic carbocycles. The van der Waals surface area contributed by atoms with Crippen LogP contribution in [0.25, 0.3) is 0 Å². The van der Waals surface area contributed by atoms with Crippen LogP contribution in [0.1, 0.15) is 48.9 Å². The van der Waals surface area contributed by atoms with Gasteiger partial charge in [0.25, 0.3) is 0 Å². The summed E-state index contributed by atoms with van der Waals surface area (Å²) in [7, 11) is 0. The highest BCUT2D eigenvalue weighted by molar-refractivity contribution is 5.35. The molecule has 0 fully saturated rings. The van der Waals surface area contributed by atoms with Crippen LogP contribution in [0.4, 0.5) is 0 Å². The van der Waals surface area contributed by atoms with E-state index in [2.05, 4.69) is 36.2 Å². The van der Waals surface area contributed by atoms with Crippen LogP contribution in [0.3, 0.4) is 0 Å². The maximum Gasteiger partial charge on any atom is 0.0831 e. The van der Waals surface area contributed by atoms with E-state index in [0.29, 0.717) is 0 Å². The second kappa shape index (κ2) is 4.49. The molecule has 2 aromatic rings. The summed E-state index contributed by atoms with van der Waals surface area (Å²) in [4.78, 5) is 0. The van der Waals surface area contributed by atoms with Gasteiger partial charge in [-0.15, -0.1) is 0 Å². The highest BCUT2D eigenvalue weighted by Gasteiger charge is 2.34. The number of hydrogen-bond donors (Lipinski definition) is 2. The minimum atomic E-state index is -0.392. The van der Waals surface area contributed by atoms with Crippen molar-refractivity contribution in [3.63, 3.8) is 0 Å². The van der Waals surface area contributed by atoms with Crippen molar-refractivity contribution in [3.8, 4) is 0 Å². The Labute approximate surface area is 113 Å². The molecule has 1 unspecified atom stereocenters. The molecule has 0 saturated heterocycles. The van der Waals surface area contributed by atoms with Crippen molar-refractivity contribution in [1.29, 1.82) is 0 Å². The number of fused-ring (bicyclic) bond motifs is 1. The van der Waals surface area contributed by atoms with Gasteiger partial charge in [-0.05, 0) is 23.8 Å². The van der Waals surface area contributed by atoms with Crippen molar-refractivity contribution < 1.29 is 5.11 Å². The SMILES string of the molecule is CC1(C)Cc2[nH]nc(Cc3ccccc3)c2C(O)C1. The standard InChI is InChI=1S/C16H20N2O/c1-16(2)9-13-15(14(19)10-16)12(17-18-13)8-11-6-4-3-5-7-11/h3-7,14,19H,8-10H2,1-2H3,(H,17,18). The third-order valence-electron chi connectivity index (χ3n) is 3.91. The highest BCUT2D eigenvalue weighted by atomic mass is 16.3. The van der Waals surface area contributed by atoms with Gasteiger partial charge in [0, 0.05) is 17.7 Å². The molecule has 3 nitrogen and oxygen atoms in total. The zero-order valence-electron chi connectivity index (χ0n) is 11.5. The Morgan fingerprint density at radius 2 is 2.05 bits per heavy atom. The van der Waals surface area contributed by atoms with Gasteiger partial charge in [0.15, 0.2) is 0 Å². The van der Waals surface area contributed by atoms with E-state index in [9.17, 15) is 5.11 Å². The van der Waals surface area contributed by atoms with Gasteiger partial charge >= 0.3 is 0 Å². The number of aliphatic hydroxyl groups is 1. The maximum atomic E-state index is 10.4. The molecule has 1 aromatic heterocycles. The summed E-state index contributed by atoms with van der Waals surface area (Å²) in [6.07, 6.45) is 2.16. The van der Waals surface area contributed by atoms with E-state index in [4.69, 9.17) is 0 Å². The number of H-pyrrole nitrogens is 1. The lowest BCUT2D eigenvalue weighted by Gasteiger charge is -2.32. The van der Waals surface area contributed by atoms with Crippen LogP contribution in [0.2, 0.25) is 0 Å². The first-order valence-electron chi connectivity index (χ1n) is 6.83. The summed E-state index contributed by atoms with van der Waals surface area (Å²) in [5, 5.41) is 17.9. The number of nitrogens with one attached hydrogen (secondary N) is 1. The van der Waals surface area contributed by atoms with Crippen molar-refractivity contribution in [2.24, 2.45) is 5.41 Å². The van der Waals surface area contributed by atoms with Gasteiger partial charge in [-0.2, -0.15) is 5.10 Å². The van der Waals surface area contributed by atoms with E-state index in [1.54, 1.807) is 0 Å². The van der Waals surface area contributed by atoms with Crippen molar-refractivity contribution in [2.45, 2.75) is 39.2 Å². The monoisotopic (exact) mass is 256 g/mol. The zero-order chi connectivity index (χ0) is 13.5. The summed E-state index contributed by atoms with van der Waals surface area (Å²) < 4.78 is 0. The quantitative estimate of drug-likeness (QED) is 0.867. The fourth-order valence-corrected chi connectivity index (χ4v) is 3.06. The average Bonchev–Trinajstić information content (AvgIpc) is 2.72. The molecular weight excluding hydrogens is 236 g/mol. The molecule has 0 amide bonds. The summed E-state index contributed by atoms with van der Waals surface area (Å²) in [6, 6.07) is 10.3. The Balaban J connectivity index is 1.92. The number of aliphatic hydroxyl groups excluding tert-OH is 1. The molecule has 0 spiro atoms. The first-order chi connectivity index (χ1) is 9.05. The van der Waals surface area contributed by atoms with Gasteiger partial charge in [0.2, 0.25) is 0 Å². The summed E-state index contributed by atoms with van der Waals surface area (Å²) in [5.41, 5.74) is 4.50. The highest BCUT2D eigenvalue weighted by Crippen LogP contribution is 2.41. The zero-order valence-corrected chi connectivity index (χ0v) is 11.5. The van der Waals surface area contributed by atoms with E-state index < -0.39 is 6.10 Å². The largest absolute Gasteiger partial charge is 0.388 e. The fourth-order valence-electron chi connectivity index (χ4n) is 3.06. The van der Waals surface area contributed by atoms with Gasteiger partial charge in [-0.3, -0.25) is 5.10 Å². The topological polar surface area (TPSA) is 48.9 Å². The van der Waals surface area contributed by atoms with Crippen LogP contribution >= 0.6 is 0 Å². The van der Waals surface area contributed by atoms with Gasteiger partial charge in [0.05, 0.1) is 11.8 Å². The Kier molecular flexibility index (Phi) is 2.94. The molecule has 3 rings (SSSR count). The molecule has 3 heteroatoms. The van der Waals surface area contributed by atoms with E-state index in [1.165, 1.54) is 5.56 Å². The molecular formula is C16H20N2O. The molecule has 0 bridgehead atoms. The number of hydrogen-bond acceptors (Lipinski definition) is 2. The second-order valence-electron chi connectivity index (χ2n) is 6.29.